The lowest BCUT2D eigenvalue weighted by Gasteiger charge is -2.30. The van der Waals surface area contributed by atoms with E-state index in [0.717, 1.165) is 22.4 Å². The Hall–Kier alpha value is -0.580. The first-order valence-electron chi connectivity index (χ1n) is 6.40. The van der Waals surface area contributed by atoms with E-state index in [2.05, 4.69) is 38.1 Å². The van der Waals surface area contributed by atoms with Crippen LogP contribution in [0, 0.1) is 0 Å². The molecule has 0 spiro atoms. The lowest BCUT2D eigenvalue weighted by molar-refractivity contribution is 0.490. The van der Waals surface area contributed by atoms with Crippen molar-refractivity contribution in [2.45, 2.75) is 25.3 Å². The van der Waals surface area contributed by atoms with Gasteiger partial charge in [0.1, 0.15) is 12.2 Å². The van der Waals surface area contributed by atoms with Crippen molar-refractivity contribution >= 4 is 39.1 Å². The highest BCUT2D eigenvalue weighted by Crippen LogP contribution is 2.32. The molecule has 1 heterocycles. The van der Waals surface area contributed by atoms with E-state index in [0.29, 0.717) is 18.2 Å². The van der Waals surface area contributed by atoms with Crippen molar-refractivity contribution < 1.29 is 0 Å². The number of alkyl halides is 2. The third kappa shape index (κ3) is 3.18. The van der Waals surface area contributed by atoms with Gasteiger partial charge in [-0.1, -0.05) is 28.1 Å². The number of aromatic nitrogens is 3. The number of hydrogen-bond acceptors (Lipinski definition) is 2. The van der Waals surface area contributed by atoms with Crippen molar-refractivity contribution in [3.05, 3.63) is 46.5 Å². The van der Waals surface area contributed by atoms with E-state index in [4.69, 9.17) is 23.2 Å². The highest BCUT2D eigenvalue weighted by molar-refractivity contribution is 9.10. The van der Waals surface area contributed by atoms with Gasteiger partial charge < -0.3 is 0 Å². The summed E-state index contributed by atoms with van der Waals surface area (Å²) in [5.74, 6) is 1.79. The lowest BCUT2D eigenvalue weighted by atomic mass is 9.81. The fraction of sp³-hybridized carbons (Fsp3) is 0.429. The van der Waals surface area contributed by atoms with Crippen molar-refractivity contribution in [3.8, 4) is 0 Å². The highest BCUT2D eigenvalue weighted by Gasteiger charge is 2.32. The largest absolute Gasteiger partial charge is 0.250 e. The quantitative estimate of drug-likeness (QED) is 0.713. The van der Waals surface area contributed by atoms with Crippen molar-refractivity contribution in [3.63, 3.8) is 0 Å². The molecule has 0 aliphatic carbocycles. The first-order valence-corrected chi connectivity index (χ1v) is 8.26. The second kappa shape index (κ2) is 6.92. The standard InChI is InChI=1S/C14H16BrCl2N3/c1-2-20-13(18-10-19-20)7-14(8-16,9-17)11-3-5-12(15)6-4-11/h3-6,10H,2,7-9H2,1H3. The van der Waals surface area contributed by atoms with Crippen LogP contribution in [0.15, 0.2) is 35.1 Å². The number of nitrogens with zero attached hydrogens (tertiary/aromatic N) is 3. The van der Waals surface area contributed by atoms with E-state index in [1.54, 1.807) is 6.33 Å². The normalized spacial score (nSPS) is 11.8. The maximum atomic E-state index is 6.26. The minimum absolute atomic E-state index is 0.330. The van der Waals surface area contributed by atoms with Gasteiger partial charge in [-0.25, -0.2) is 4.98 Å². The third-order valence-corrected chi connectivity index (χ3v) is 5.01. The van der Waals surface area contributed by atoms with E-state index in [1.165, 1.54) is 0 Å². The van der Waals surface area contributed by atoms with Gasteiger partial charge in [-0.15, -0.1) is 23.2 Å². The molecule has 0 N–H and O–H groups in total. The fourth-order valence-electron chi connectivity index (χ4n) is 2.18. The first kappa shape index (κ1) is 15.8. The van der Waals surface area contributed by atoms with Gasteiger partial charge in [0, 0.05) is 34.6 Å². The van der Waals surface area contributed by atoms with Crippen LogP contribution in [0.2, 0.25) is 0 Å². The maximum Gasteiger partial charge on any atom is 0.138 e. The van der Waals surface area contributed by atoms with Crippen LogP contribution in [0.25, 0.3) is 0 Å². The molecule has 2 aromatic rings. The lowest BCUT2D eigenvalue weighted by Crippen LogP contribution is -2.34. The molecule has 2 rings (SSSR count). The molecule has 0 atom stereocenters. The van der Waals surface area contributed by atoms with E-state index >= 15 is 0 Å². The molecule has 1 aromatic carbocycles. The number of aryl methyl sites for hydroxylation is 1. The van der Waals surface area contributed by atoms with Crippen molar-refractivity contribution in [2.24, 2.45) is 0 Å². The summed E-state index contributed by atoms with van der Waals surface area (Å²) in [7, 11) is 0. The second-order valence-electron chi connectivity index (χ2n) is 4.72. The molecule has 0 aliphatic heterocycles. The molecule has 0 aliphatic rings. The van der Waals surface area contributed by atoms with Crippen LogP contribution < -0.4 is 0 Å². The van der Waals surface area contributed by atoms with Gasteiger partial charge in [-0.3, -0.25) is 4.68 Å². The molecular formula is C14H16BrCl2N3. The molecule has 3 nitrogen and oxygen atoms in total. The zero-order chi connectivity index (χ0) is 14.6. The molecule has 6 heteroatoms. The Labute approximate surface area is 137 Å². The van der Waals surface area contributed by atoms with Crippen LogP contribution >= 0.6 is 39.1 Å². The van der Waals surface area contributed by atoms with Crippen LogP contribution in [0.4, 0.5) is 0 Å². The van der Waals surface area contributed by atoms with E-state index < -0.39 is 0 Å². The van der Waals surface area contributed by atoms with Crippen LogP contribution in [0.5, 0.6) is 0 Å². The van der Waals surface area contributed by atoms with Gasteiger partial charge in [0.15, 0.2) is 0 Å². The summed E-state index contributed by atoms with van der Waals surface area (Å²) in [6.07, 6.45) is 2.25. The van der Waals surface area contributed by atoms with Gasteiger partial charge in [0.2, 0.25) is 0 Å². The van der Waals surface area contributed by atoms with Crippen molar-refractivity contribution in [1.82, 2.24) is 14.8 Å². The first-order chi connectivity index (χ1) is 9.65. The summed E-state index contributed by atoms with van der Waals surface area (Å²) in [6, 6.07) is 8.13. The van der Waals surface area contributed by atoms with E-state index in [9.17, 15) is 0 Å². The smallest absolute Gasteiger partial charge is 0.138 e. The number of benzene rings is 1. The SMILES string of the molecule is CCn1ncnc1CC(CCl)(CCl)c1ccc(Br)cc1. The Balaban J connectivity index is 2.36. The second-order valence-corrected chi connectivity index (χ2v) is 6.17. The molecule has 0 amide bonds. The van der Waals surface area contributed by atoms with Crippen molar-refractivity contribution in [1.29, 1.82) is 0 Å². The molecule has 0 unspecified atom stereocenters. The van der Waals surface area contributed by atoms with Gasteiger partial charge >= 0.3 is 0 Å². The molecule has 0 radical (unpaired) electrons. The summed E-state index contributed by atoms with van der Waals surface area (Å²) in [5.41, 5.74) is 0.792. The summed E-state index contributed by atoms with van der Waals surface area (Å²) in [6.45, 7) is 2.83. The molecule has 108 valence electrons. The molecule has 20 heavy (non-hydrogen) atoms. The van der Waals surface area contributed by atoms with Gasteiger partial charge in [0.05, 0.1) is 0 Å². The average Bonchev–Trinajstić information content (AvgIpc) is 2.93. The summed E-state index contributed by atoms with van der Waals surface area (Å²) in [4.78, 5) is 4.34. The number of hydrogen-bond donors (Lipinski definition) is 0. The summed E-state index contributed by atoms with van der Waals surface area (Å²) < 4.78 is 2.92. The Bertz CT molecular complexity index is 550. The molecule has 0 saturated carbocycles. The van der Waals surface area contributed by atoms with Crippen LogP contribution in [-0.4, -0.2) is 26.5 Å². The Kier molecular flexibility index (Phi) is 5.47. The van der Waals surface area contributed by atoms with Gasteiger partial charge in [0.25, 0.3) is 0 Å². The molecular weight excluding hydrogens is 361 g/mol. The monoisotopic (exact) mass is 375 g/mol. The Morgan fingerprint density at radius 2 is 1.85 bits per heavy atom. The minimum Gasteiger partial charge on any atom is -0.250 e. The third-order valence-electron chi connectivity index (χ3n) is 3.46. The topological polar surface area (TPSA) is 30.7 Å². The molecule has 0 bridgehead atoms. The van der Waals surface area contributed by atoms with Gasteiger partial charge in [-0.05, 0) is 24.6 Å². The zero-order valence-electron chi connectivity index (χ0n) is 11.2. The molecule has 0 saturated heterocycles. The fourth-order valence-corrected chi connectivity index (χ4v) is 3.23. The average molecular weight is 377 g/mol. The van der Waals surface area contributed by atoms with Crippen LogP contribution in [0.3, 0.4) is 0 Å². The zero-order valence-corrected chi connectivity index (χ0v) is 14.3. The predicted octanol–water partition coefficient (Wildman–Crippen LogP) is 4.02. The van der Waals surface area contributed by atoms with E-state index in [-0.39, 0.29) is 5.41 Å². The number of rotatable bonds is 6. The van der Waals surface area contributed by atoms with Crippen molar-refractivity contribution in [2.75, 3.05) is 11.8 Å². The predicted molar refractivity (Wildman–Crippen MR) is 86.7 cm³/mol. The number of halogens is 3. The van der Waals surface area contributed by atoms with Gasteiger partial charge in [-0.2, -0.15) is 5.10 Å². The molecule has 0 fully saturated rings. The summed E-state index contributed by atoms with van der Waals surface area (Å²) in [5, 5.41) is 4.21. The maximum absolute atomic E-state index is 6.26. The Morgan fingerprint density at radius 3 is 2.40 bits per heavy atom. The highest BCUT2D eigenvalue weighted by atomic mass is 79.9. The minimum atomic E-state index is -0.330. The van der Waals surface area contributed by atoms with E-state index in [1.807, 2.05) is 23.7 Å². The Morgan fingerprint density at radius 1 is 1.20 bits per heavy atom. The van der Waals surface area contributed by atoms with Crippen LogP contribution in [-0.2, 0) is 18.4 Å². The van der Waals surface area contributed by atoms with Crippen LogP contribution in [0.1, 0.15) is 18.3 Å². The molecule has 1 aromatic heterocycles. The summed E-state index contributed by atoms with van der Waals surface area (Å²) >= 11 is 16.0.